The Bertz CT molecular complexity index is 192. The molecular formula is C8H12Br2O3. The second kappa shape index (κ2) is 5.46. The molecule has 1 heterocycles. The summed E-state index contributed by atoms with van der Waals surface area (Å²) in [6, 6.07) is 0. The van der Waals surface area contributed by atoms with Gasteiger partial charge < -0.3 is 14.6 Å². The zero-order valence-corrected chi connectivity index (χ0v) is 10.4. The van der Waals surface area contributed by atoms with Gasteiger partial charge in [0.2, 0.25) is 0 Å². The van der Waals surface area contributed by atoms with Gasteiger partial charge in [0.05, 0.1) is 15.6 Å². The average Bonchev–Trinajstić information content (AvgIpc) is 2.01. The van der Waals surface area contributed by atoms with Crippen molar-refractivity contribution in [3.63, 3.8) is 0 Å². The molecule has 1 aliphatic heterocycles. The number of methoxy groups -OCH3 is 1. The molecule has 0 aromatic carbocycles. The first-order valence-corrected chi connectivity index (χ1v) is 5.59. The lowest BCUT2D eigenvalue weighted by Crippen LogP contribution is -2.35. The first kappa shape index (κ1) is 11.7. The first-order chi connectivity index (χ1) is 6.11. The zero-order valence-electron chi connectivity index (χ0n) is 7.24. The van der Waals surface area contributed by atoms with Crippen molar-refractivity contribution < 1.29 is 14.6 Å². The Morgan fingerprint density at radius 1 is 1.54 bits per heavy atom. The summed E-state index contributed by atoms with van der Waals surface area (Å²) in [5, 5.41) is 9.47. The van der Waals surface area contributed by atoms with Gasteiger partial charge in [0, 0.05) is 20.0 Å². The highest BCUT2D eigenvalue weighted by molar-refractivity contribution is 9.28. The van der Waals surface area contributed by atoms with Crippen LogP contribution in [0.3, 0.4) is 0 Å². The van der Waals surface area contributed by atoms with Crippen molar-refractivity contribution in [1.29, 1.82) is 0 Å². The standard InChI is InChI=1S/C8H12Br2O3/c1-12-8-3-5(11)2-6(13-8)4-7(9)10/h4-6,8,11H,2-3H2,1H3/t5-,6+,8+/m1/s1. The fourth-order valence-corrected chi connectivity index (χ4v) is 1.88. The summed E-state index contributed by atoms with van der Waals surface area (Å²) in [5.41, 5.74) is 0. The lowest BCUT2D eigenvalue weighted by molar-refractivity contribution is -0.191. The molecule has 0 unspecified atom stereocenters. The Kier molecular flexibility index (Phi) is 4.89. The molecule has 0 saturated carbocycles. The van der Waals surface area contributed by atoms with E-state index in [4.69, 9.17) is 9.47 Å². The number of aliphatic hydroxyl groups is 1. The van der Waals surface area contributed by atoms with Crippen molar-refractivity contribution in [3.05, 3.63) is 9.47 Å². The number of hydrogen-bond donors (Lipinski definition) is 1. The van der Waals surface area contributed by atoms with Crippen LogP contribution in [0, 0.1) is 0 Å². The van der Waals surface area contributed by atoms with Gasteiger partial charge in [-0.15, -0.1) is 0 Å². The molecule has 0 aromatic heterocycles. The van der Waals surface area contributed by atoms with Gasteiger partial charge in [0.1, 0.15) is 0 Å². The summed E-state index contributed by atoms with van der Waals surface area (Å²) in [7, 11) is 1.58. The maximum absolute atomic E-state index is 9.47. The van der Waals surface area contributed by atoms with Gasteiger partial charge in [-0.3, -0.25) is 0 Å². The van der Waals surface area contributed by atoms with Crippen molar-refractivity contribution in [2.75, 3.05) is 7.11 Å². The fourth-order valence-electron chi connectivity index (χ4n) is 1.29. The van der Waals surface area contributed by atoms with Crippen molar-refractivity contribution in [3.8, 4) is 0 Å². The average molecular weight is 316 g/mol. The van der Waals surface area contributed by atoms with Crippen molar-refractivity contribution in [2.45, 2.75) is 31.3 Å². The van der Waals surface area contributed by atoms with E-state index in [0.717, 1.165) is 3.39 Å². The van der Waals surface area contributed by atoms with E-state index in [1.807, 2.05) is 6.08 Å². The summed E-state index contributed by atoms with van der Waals surface area (Å²) < 4.78 is 11.4. The molecule has 0 bridgehead atoms. The normalized spacial score (nSPS) is 34.3. The van der Waals surface area contributed by atoms with Gasteiger partial charge in [-0.2, -0.15) is 0 Å². The Balaban J connectivity index is 2.52. The first-order valence-electron chi connectivity index (χ1n) is 4.01. The maximum Gasteiger partial charge on any atom is 0.160 e. The predicted octanol–water partition coefficient (Wildman–Crippen LogP) is 2.13. The lowest BCUT2D eigenvalue weighted by atomic mass is 10.1. The molecule has 1 fully saturated rings. The minimum Gasteiger partial charge on any atom is -0.393 e. The van der Waals surface area contributed by atoms with E-state index in [0.29, 0.717) is 12.8 Å². The summed E-state index contributed by atoms with van der Waals surface area (Å²) in [6.45, 7) is 0. The third kappa shape index (κ3) is 4.08. The van der Waals surface area contributed by atoms with E-state index < -0.39 is 0 Å². The van der Waals surface area contributed by atoms with Crippen LogP contribution in [0.25, 0.3) is 0 Å². The highest BCUT2D eigenvalue weighted by Gasteiger charge is 2.26. The van der Waals surface area contributed by atoms with Crippen LogP contribution >= 0.6 is 31.9 Å². The highest BCUT2D eigenvalue weighted by Crippen LogP contribution is 2.24. The molecule has 1 rings (SSSR count). The van der Waals surface area contributed by atoms with Crippen molar-refractivity contribution >= 4 is 31.9 Å². The third-order valence-corrected chi connectivity index (χ3v) is 2.40. The molecule has 3 atom stereocenters. The highest BCUT2D eigenvalue weighted by atomic mass is 79.9. The minimum atomic E-state index is -0.348. The maximum atomic E-state index is 9.47. The molecular weight excluding hydrogens is 304 g/mol. The molecule has 0 amide bonds. The zero-order chi connectivity index (χ0) is 9.84. The molecule has 1 aliphatic rings. The lowest BCUT2D eigenvalue weighted by Gasteiger charge is -2.30. The SMILES string of the molecule is CO[C@@H]1C[C@H](O)C[C@@H](C=C(Br)Br)O1. The van der Waals surface area contributed by atoms with Gasteiger partial charge in [0.25, 0.3) is 0 Å². The third-order valence-electron chi connectivity index (χ3n) is 1.87. The largest absolute Gasteiger partial charge is 0.393 e. The monoisotopic (exact) mass is 314 g/mol. The van der Waals surface area contributed by atoms with E-state index in [1.165, 1.54) is 0 Å². The number of halogens is 2. The van der Waals surface area contributed by atoms with Crippen LogP contribution in [0.4, 0.5) is 0 Å². The van der Waals surface area contributed by atoms with Crippen LogP contribution in [0.2, 0.25) is 0 Å². The predicted molar refractivity (Wildman–Crippen MR) is 56.8 cm³/mol. The Morgan fingerprint density at radius 3 is 2.77 bits per heavy atom. The summed E-state index contributed by atoms with van der Waals surface area (Å²) in [4.78, 5) is 0. The van der Waals surface area contributed by atoms with E-state index in [9.17, 15) is 5.11 Å². The number of rotatable bonds is 2. The molecule has 0 radical (unpaired) electrons. The molecule has 1 saturated heterocycles. The Labute approximate surface area is 94.4 Å². The van der Waals surface area contributed by atoms with Crippen molar-refractivity contribution in [1.82, 2.24) is 0 Å². The van der Waals surface area contributed by atoms with Gasteiger partial charge in [-0.1, -0.05) is 0 Å². The number of aliphatic hydroxyl groups excluding tert-OH is 1. The fraction of sp³-hybridized carbons (Fsp3) is 0.750. The summed E-state index contributed by atoms with van der Waals surface area (Å²) >= 11 is 6.49. The molecule has 0 aromatic rings. The van der Waals surface area contributed by atoms with Crippen LogP contribution in [0.15, 0.2) is 9.47 Å². The quantitative estimate of drug-likeness (QED) is 0.848. The van der Waals surface area contributed by atoms with Gasteiger partial charge in [-0.25, -0.2) is 0 Å². The van der Waals surface area contributed by atoms with Crippen LogP contribution in [-0.4, -0.2) is 30.7 Å². The topological polar surface area (TPSA) is 38.7 Å². The molecule has 0 spiro atoms. The number of hydrogen-bond acceptors (Lipinski definition) is 3. The minimum absolute atomic E-state index is 0.0950. The molecule has 3 nitrogen and oxygen atoms in total. The van der Waals surface area contributed by atoms with Gasteiger partial charge >= 0.3 is 0 Å². The van der Waals surface area contributed by atoms with E-state index in [-0.39, 0.29) is 18.5 Å². The molecule has 5 heteroatoms. The van der Waals surface area contributed by atoms with Crippen LogP contribution in [0.5, 0.6) is 0 Å². The van der Waals surface area contributed by atoms with Gasteiger partial charge in [-0.05, 0) is 37.9 Å². The van der Waals surface area contributed by atoms with Crippen LogP contribution in [0.1, 0.15) is 12.8 Å². The van der Waals surface area contributed by atoms with E-state index in [1.54, 1.807) is 7.11 Å². The molecule has 76 valence electrons. The molecule has 13 heavy (non-hydrogen) atoms. The number of ether oxygens (including phenoxy) is 2. The van der Waals surface area contributed by atoms with Crippen LogP contribution < -0.4 is 0 Å². The Morgan fingerprint density at radius 2 is 2.23 bits per heavy atom. The smallest absolute Gasteiger partial charge is 0.160 e. The second-order valence-corrected chi connectivity index (χ2v) is 5.69. The van der Waals surface area contributed by atoms with Crippen molar-refractivity contribution in [2.24, 2.45) is 0 Å². The van der Waals surface area contributed by atoms with Crippen LogP contribution in [-0.2, 0) is 9.47 Å². The van der Waals surface area contributed by atoms with E-state index in [2.05, 4.69) is 31.9 Å². The van der Waals surface area contributed by atoms with Gasteiger partial charge in [0.15, 0.2) is 6.29 Å². The summed E-state index contributed by atoms with van der Waals surface area (Å²) in [5.74, 6) is 0. The molecule has 1 N–H and O–H groups in total. The second-order valence-electron chi connectivity index (χ2n) is 2.92. The summed E-state index contributed by atoms with van der Waals surface area (Å²) in [6.07, 6.45) is 2.27. The molecule has 0 aliphatic carbocycles. The Hall–Kier alpha value is 0.580. The van der Waals surface area contributed by atoms with E-state index >= 15 is 0 Å².